The Morgan fingerprint density at radius 3 is 2.45 bits per heavy atom. The van der Waals surface area contributed by atoms with Crippen LogP contribution in [0, 0.1) is 0 Å². The van der Waals surface area contributed by atoms with Gasteiger partial charge in [0.1, 0.15) is 11.8 Å². The van der Waals surface area contributed by atoms with Crippen LogP contribution >= 0.6 is 0 Å². The van der Waals surface area contributed by atoms with Gasteiger partial charge in [0.05, 0.1) is 25.8 Å². The molecule has 10 nitrogen and oxygen atoms in total. The highest BCUT2D eigenvalue weighted by molar-refractivity contribution is 5.92. The number of carbonyl (C=O) groups excluding carboxylic acids is 3. The van der Waals surface area contributed by atoms with E-state index in [0.29, 0.717) is 17.0 Å². The molecule has 0 saturated heterocycles. The number of nitrogens with zero attached hydrogens (tertiary/aromatic N) is 1. The minimum Gasteiger partial charge on any atom is -0.496 e. The standard InChI is InChI=1S/C23H29N5O5/c1-4-33-22(30)15(2)27-21(29)19(18-7-5-6-8-20(18)32-3)14-25-23(31)28-17-11-9-16(10-12-17)13-26-24/h5-13,15,19H,4,14,24H2,1-3H3,(H,27,29)(H2,25,28,31). The molecule has 2 rings (SSSR count). The molecule has 0 bridgehead atoms. The van der Waals surface area contributed by atoms with Gasteiger partial charge in [-0.05, 0) is 37.6 Å². The number of hydrogen-bond acceptors (Lipinski definition) is 7. The first-order chi connectivity index (χ1) is 15.9. The molecule has 0 fully saturated rings. The second kappa shape index (κ2) is 12.7. The summed E-state index contributed by atoms with van der Waals surface area (Å²) in [4.78, 5) is 37.4. The smallest absolute Gasteiger partial charge is 0.328 e. The molecular weight excluding hydrogens is 426 g/mol. The fourth-order valence-electron chi connectivity index (χ4n) is 3.05. The van der Waals surface area contributed by atoms with Gasteiger partial charge in [0.25, 0.3) is 0 Å². The van der Waals surface area contributed by atoms with Crippen LogP contribution in [0.1, 0.15) is 30.9 Å². The Balaban J connectivity index is 2.12. The molecule has 0 saturated carbocycles. The Morgan fingerprint density at radius 2 is 1.82 bits per heavy atom. The molecule has 2 aromatic carbocycles. The van der Waals surface area contributed by atoms with Crippen LogP contribution in [0.5, 0.6) is 5.75 Å². The number of nitrogens with one attached hydrogen (secondary N) is 3. The zero-order valence-corrected chi connectivity index (χ0v) is 18.8. The third kappa shape index (κ3) is 7.53. The van der Waals surface area contributed by atoms with Gasteiger partial charge in [0.2, 0.25) is 5.91 Å². The predicted octanol–water partition coefficient (Wildman–Crippen LogP) is 1.96. The normalized spacial score (nSPS) is 12.5. The molecule has 2 unspecified atom stereocenters. The molecule has 0 heterocycles. The lowest BCUT2D eigenvalue weighted by Crippen LogP contribution is -2.45. The van der Waals surface area contributed by atoms with Crippen molar-refractivity contribution in [1.29, 1.82) is 0 Å². The quantitative estimate of drug-likeness (QED) is 0.187. The summed E-state index contributed by atoms with van der Waals surface area (Å²) in [7, 11) is 1.49. The van der Waals surface area contributed by atoms with E-state index in [0.717, 1.165) is 5.56 Å². The molecule has 0 aliphatic rings. The highest BCUT2D eigenvalue weighted by Crippen LogP contribution is 2.26. The van der Waals surface area contributed by atoms with Crippen molar-refractivity contribution in [3.8, 4) is 5.75 Å². The largest absolute Gasteiger partial charge is 0.496 e. The number of methoxy groups -OCH3 is 1. The molecule has 176 valence electrons. The average molecular weight is 456 g/mol. The monoisotopic (exact) mass is 455 g/mol. The molecule has 0 aliphatic heterocycles. The van der Waals surface area contributed by atoms with Gasteiger partial charge in [-0.15, -0.1) is 0 Å². The van der Waals surface area contributed by atoms with Crippen molar-refractivity contribution >= 4 is 29.8 Å². The number of anilines is 1. The van der Waals surface area contributed by atoms with Crippen LogP contribution in [0.2, 0.25) is 0 Å². The van der Waals surface area contributed by atoms with Gasteiger partial charge in [0.15, 0.2) is 0 Å². The van der Waals surface area contributed by atoms with Gasteiger partial charge in [-0.1, -0.05) is 30.3 Å². The Morgan fingerprint density at radius 1 is 1.12 bits per heavy atom. The van der Waals surface area contributed by atoms with Crippen molar-refractivity contribution in [2.24, 2.45) is 10.9 Å². The highest BCUT2D eigenvalue weighted by Gasteiger charge is 2.27. The van der Waals surface area contributed by atoms with Crippen molar-refractivity contribution in [2.45, 2.75) is 25.8 Å². The average Bonchev–Trinajstić information content (AvgIpc) is 2.81. The second-order valence-corrected chi connectivity index (χ2v) is 7.01. The molecule has 0 aliphatic carbocycles. The summed E-state index contributed by atoms with van der Waals surface area (Å²) in [6.07, 6.45) is 1.48. The van der Waals surface area contributed by atoms with Crippen LogP contribution in [0.15, 0.2) is 53.6 Å². The van der Waals surface area contributed by atoms with Gasteiger partial charge in [0, 0.05) is 17.8 Å². The molecule has 0 spiro atoms. The van der Waals surface area contributed by atoms with E-state index in [9.17, 15) is 14.4 Å². The maximum atomic E-state index is 13.0. The molecule has 33 heavy (non-hydrogen) atoms. The number of esters is 1. The van der Waals surface area contributed by atoms with Gasteiger partial charge in [-0.3, -0.25) is 4.79 Å². The minimum absolute atomic E-state index is 0.0362. The summed E-state index contributed by atoms with van der Waals surface area (Å²) in [6, 6.07) is 12.5. The fourth-order valence-corrected chi connectivity index (χ4v) is 3.05. The van der Waals surface area contributed by atoms with Crippen LogP contribution in [0.4, 0.5) is 10.5 Å². The predicted molar refractivity (Wildman–Crippen MR) is 125 cm³/mol. The van der Waals surface area contributed by atoms with Crippen molar-refractivity contribution in [2.75, 3.05) is 25.6 Å². The van der Waals surface area contributed by atoms with E-state index >= 15 is 0 Å². The number of nitrogens with two attached hydrogens (primary N) is 1. The van der Waals surface area contributed by atoms with Crippen molar-refractivity contribution in [1.82, 2.24) is 10.6 Å². The van der Waals surface area contributed by atoms with E-state index in [1.54, 1.807) is 55.5 Å². The van der Waals surface area contributed by atoms with Crippen LogP contribution in [0.3, 0.4) is 0 Å². The molecule has 5 N–H and O–H groups in total. The van der Waals surface area contributed by atoms with Crippen LogP contribution < -0.4 is 26.5 Å². The maximum absolute atomic E-state index is 13.0. The molecule has 0 radical (unpaired) electrons. The summed E-state index contributed by atoms with van der Waals surface area (Å²) in [6.45, 7) is 3.39. The molecule has 0 aromatic heterocycles. The first kappa shape index (κ1) is 25.2. The fraction of sp³-hybridized carbons (Fsp3) is 0.304. The van der Waals surface area contributed by atoms with Gasteiger partial charge in [-0.2, -0.15) is 5.10 Å². The van der Waals surface area contributed by atoms with Crippen molar-refractivity contribution in [3.63, 3.8) is 0 Å². The summed E-state index contributed by atoms with van der Waals surface area (Å²) >= 11 is 0. The lowest BCUT2D eigenvalue weighted by molar-refractivity contribution is -0.147. The first-order valence-corrected chi connectivity index (χ1v) is 10.4. The number of rotatable bonds is 10. The summed E-state index contributed by atoms with van der Waals surface area (Å²) in [5.41, 5.74) is 1.90. The van der Waals surface area contributed by atoms with E-state index in [4.69, 9.17) is 15.3 Å². The topological polar surface area (TPSA) is 144 Å². The van der Waals surface area contributed by atoms with Gasteiger partial charge in [-0.25, -0.2) is 9.59 Å². The van der Waals surface area contributed by atoms with E-state index in [-0.39, 0.29) is 13.2 Å². The van der Waals surface area contributed by atoms with E-state index < -0.39 is 29.9 Å². The highest BCUT2D eigenvalue weighted by atomic mass is 16.5. The van der Waals surface area contributed by atoms with Crippen LogP contribution in [0.25, 0.3) is 0 Å². The lowest BCUT2D eigenvalue weighted by atomic mass is 9.96. The number of urea groups is 1. The van der Waals surface area contributed by atoms with E-state index in [2.05, 4.69) is 21.1 Å². The summed E-state index contributed by atoms with van der Waals surface area (Å²) < 4.78 is 10.3. The lowest BCUT2D eigenvalue weighted by Gasteiger charge is -2.22. The number of amides is 3. The summed E-state index contributed by atoms with van der Waals surface area (Å²) in [5.74, 6) is 3.80. The number of benzene rings is 2. The molecular formula is C23H29N5O5. The number of hydrogen-bond donors (Lipinski definition) is 4. The van der Waals surface area contributed by atoms with Crippen molar-refractivity contribution in [3.05, 3.63) is 59.7 Å². The number of ether oxygens (including phenoxy) is 2. The maximum Gasteiger partial charge on any atom is 0.328 e. The van der Waals surface area contributed by atoms with Gasteiger partial charge < -0.3 is 31.3 Å². The van der Waals surface area contributed by atoms with Crippen LogP contribution in [-0.4, -0.2) is 50.4 Å². The van der Waals surface area contributed by atoms with E-state index in [1.807, 2.05) is 0 Å². The Bertz CT molecular complexity index is 977. The zero-order chi connectivity index (χ0) is 24.2. The Kier molecular flexibility index (Phi) is 9.69. The second-order valence-electron chi connectivity index (χ2n) is 7.01. The molecule has 3 amide bonds. The molecule has 10 heteroatoms. The first-order valence-electron chi connectivity index (χ1n) is 10.4. The molecule has 2 atom stereocenters. The third-order valence-corrected chi connectivity index (χ3v) is 4.69. The minimum atomic E-state index is -0.848. The number of hydrazone groups is 1. The van der Waals surface area contributed by atoms with Crippen LogP contribution in [-0.2, 0) is 14.3 Å². The summed E-state index contributed by atoms with van der Waals surface area (Å²) in [5, 5.41) is 11.5. The van der Waals surface area contributed by atoms with Crippen molar-refractivity contribution < 1.29 is 23.9 Å². The number of para-hydroxylation sites is 1. The zero-order valence-electron chi connectivity index (χ0n) is 18.8. The number of carbonyl (C=O) groups is 3. The molecule has 2 aromatic rings. The Labute approximate surface area is 192 Å². The van der Waals surface area contributed by atoms with E-state index in [1.165, 1.54) is 20.2 Å². The van der Waals surface area contributed by atoms with Gasteiger partial charge >= 0.3 is 12.0 Å². The Hall–Kier alpha value is -4.08. The third-order valence-electron chi connectivity index (χ3n) is 4.69. The SMILES string of the molecule is CCOC(=O)C(C)NC(=O)C(CNC(=O)Nc1ccc(C=NN)cc1)c1ccccc1OC.